The smallest absolute Gasteiger partial charge is 0.355 e. The summed E-state index contributed by atoms with van der Waals surface area (Å²) in [5.41, 5.74) is 2.78. The third-order valence-corrected chi connectivity index (χ3v) is 4.59. The van der Waals surface area contributed by atoms with Gasteiger partial charge in [-0.3, -0.25) is 0 Å². The van der Waals surface area contributed by atoms with Crippen LogP contribution in [0.1, 0.15) is 19.7 Å². The number of aryl methyl sites for hydroxylation is 2. The number of nitrogens with zero attached hydrogens (tertiary/aromatic N) is 3. The number of methoxy groups -OCH3 is 2. The van der Waals surface area contributed by atoms with Crippen molar-refractivity contribution >= 4 is 28.7 Å². The van der Waals surface area contributed by atoms with Crippen LogP contribution in [0.25, 0.3) is 11.0 Å². The summed E-state index contributed by atoms with van der Waals surface area (Å²) in [6.07, 6.45) is 0.824. The maximum absolute atomic E-state index is 12.4. The fourth-order valence-electron chi connectivity index (χ4n) is 3.31. The highest BCUT2D eigenvalue weighted by molar-refractivity contribution is 6.03. The Morgan fingerprint density at radius 3 is 2.56 bits per heavy atom. The van der Waals surface area contributed by atoms with Gasteiger partial charge in [0.15, 0.2) is 0 Å². The van der Waals surface area contributed by atoms with Gasteiger partial charge < -0.3 is 23.7 Å². The average Bonchev–Trinajstić information content (AvgIpc) is 3.08. The molecule has 1 aromatic carbocycles. The molecule has 8 heteroatoms. The SMILES string of the molecule is CCc1nc2cc(N3COCC(C(=O)OC)=C3C(=O)OC)ccc2n1CC. The zero-order valence-corrected chi connectivity index (χ0v) is 15.9. The number of hydrogen-bond acceptors (Lipinski definition) is 7. The van der Waals surface area contributed by atoms with Gasteiger partial charge in [-0.05, 0) is 25.1 Å². The maximum Gasteiger partial charge on any atom is 0.355 e. The van der Waals surface area contributed by atoms with Crippen LogP contribution in [0.3, 0.4) is 0 Å². The Morgan fingerprint density at radius 1 is 1.19 bits per heavy atom. The van der Waals surface area contributed by atoms with Crippen LogP contribution in [-0.2, 0) is 36.8 Å². The van der Waals surface area contributed by atoms with Gasteiger partial charge in [0.2, 0.25) is 0 Å². The molecule has 2 heterocycles. The molecule has 0 bridgehead atoms. The standard InChI is InChI=1S/C19H23N3O5/c1-5-16-20-14-9-12(7-8-15(14)21(16)6-2)22-11-27-10-13(18(23)25-3)17(22)19(24)26-4/h7-9H,5-6,10-11H2,1-4H3. The number of benzene rings is 1. The molecule has 8 nitrogen and oxygen atoms in total. The summed E-state index contributed by atoms with van der Waals surface area (Å²) in [5, 5.41) is 0. The topological polar surface area (TPSA) is 82.9 Å². The molecule has 0 atom stereocenters. The summed E-state index contributed by atoms with van der Waals surface area (Å²) in [7, 11) is 2.54. The number of rotatable bonds is 5. The Hall–Kier alpha value is -2.87. The second-order valence-corrected chi connectivity index (χ2v) is 6.01. The van der Waals surface area contributed by atoms with Gasteiger partial charge in [-0.2, -0.15) is 0 Å². The summed E-state index contributed by atoms with van der Waals surface area (Å²) in [6.45, 7) is 5.07. The van der Waals surface area contributed by atoms with E-state index < -0.39 is 11.9 Å². The van der Waals surface area contributed by atoms with Gasteiger partial charge in [0.25, 0.3) is 0 Å². The van der Waals surface area contributed by atoms with Crippen molar-refractivity contribution in [1.29, 1.82) is 0 Å². The third kappa shape index (κ3) is 3.28. The normalized spacial score (nSPS) is 14.6. The minimum atomic E-state index is -0.621. The lowest BCUT2D eigenvalue weighted by molar-refractivity contribution is -0.140. The predicted molar refractivity (Wildman–Crippen MR) is 99.1 cm³/mol. The van der Waals surface area contributed by atoms with Gasteiger partial charge >= 0.3 is 11.9 Å². The Labute approximate surface area is 157 Å². The minimum Gasteiger partial charge on any atom is -0.466 e. The average molecular weight is 373 g/mol. The zero-order chi connectivity index (χ0) is 19.6. The Balaban J connectivity index is 2.13. The van der Waals surface area contributed by atoms with Crippen molar-refractivity contribution in [2.75, 3.05) is 32.5 Å². The van der Waals surface area contributed by atoms with Crippen LogP contribution in [0.15, 0.2) is 29.5 Å². The minimum absolute atomic E-state index is 0.0136. The molecule has 1 aliphatic rings. The molecular formula is C19H23N3O5. The van der Waals surface area contributed by atoms with E-state index in [4.69, 9.17) is 14.2 Å². The molecule has 2 aromatic rings. The highest BCUT2D eigenvalue weighted by Gasteiger charge is 2.32. The Kier molecular flexibility index (Phi) is 5.46. The zero-order valence-electron chi connectivity index (χ0n) is 15.9. The monoisotopic (exact) mass is 373 g/mol. The summed E-state index contributed by atoms with van der Waals surface area (Å²) in [5.74, 6) is -0.240. The van der Waals surface area contributed by atoms with Crippen LogP contribution >= 0.6 is 0 Å². The third-order valence-electron chi connectivity index (χ3n) is 4.59. The van der Waals surface area contributed by atoms with E-state index in [2.05, 4.69) is 23.4 Å². The van der Waals surface area contributed by atoms with E-state index >= 15 is 0 Å². The molecule has 3 rings (SSSR count). The van der Waals surface area contributed by atoms with Gasteiger partial charge in [0.05, 0.1) is 37.4 Å². The molecule has 0 N–H and O–H groups in total. The molecule has 0 unspecified atom stereocenters. The number of fused-ring (bicyclic) bond motifs is 1. The molecule has 0 radical (unpaired) electrons. The van der Waals surface area contributed by atoms with Crippen molar-refractivity contribution in [2.45, 2.75) is 26.8 Å². The predicted octanol–water partition coefficient (Wildman–Crippen LogP) is 2.01. The van der Waals surface area contributed by atoms with E-state index in [1.165, 1.54) is 14.2 Å². The van der Waals surface area contributed by atoms with Crippen molar-refractivity contribution in [2.24, 2.45) is 0 Å². The number of esters is 2. The largest absolute Gasteiger partial charge is 0.466 e. The van der Waals surface area contributed by atoms with Crippen molar-refractivity contribution in [1.82, 2.24) is 9.55 Å². The van der Waals surface area contributed by atoms with Crippen LogP contribution in [0.5, 0.6) is 0 Å². The first-order chi connectivity index (χ1) is 13.0. The molecule has 1 aliphatic heterocycles. The second-order valence-electron chi connectivity index (χ2n) is 6.01. The van der Waals surface area contributed by atoms with Crippen LogP contribution in [0.4, 0.5) is 5.69 Å². The van der Waals surface area contributed by atoms with Gasteiger partial charge in [0, 0.05) is 18.7 Å². The molecule has 0 saturated heterocycles. The molecular weight excluding hydrogens is 350 g/mol. The van der Waals surface area contributed by atoms with Gasteiger partial charge in [-0.25, -0.2) is 14.6 Å². The number of imidazole rings is 1. The fraction of sp³-hybridized carbons (Fsp3) is 0.421. The molecule has 0 aliphatic carbocycles. The molecule has 1 aromatic heterocycles. The molecule has 0 amide bonds. The lowest BCUT2D eigenvalue weighted by Crippen LogP contribution is -2.38. The van der Waals surface area contributed by atoms with E-state index in [0.717, 1.165) is 29.8 Å². The first-order valence-corrected chi connectivity index (χ1v) is 8.79. The first-order valence-electron chi connectivity index (χ1n) is 8.79. The van der Waals surface area contributed by atoms with Crippen molar-refractivity contribution in [3.63, 3.8) is 0 Å². The fourth-order valence-corrected chi connectivity index (χ4v) is 3.31. The maximum atomic E-state index is 12.4. The van der Waals surface area contributed by atoms with Crippen LogP contribution < -0.4 is 4.90 Å². The Morgan fingerprint density at radius 2 is 1.93 bits per heavy atom. The number of hydrogen-bond donors (Lipinski definition) is 0. The van der Waals surface area contributed by atoms with E-state index in [1.807, 2.05) is 18.2 Å². The quantitative estimate of drug-likeness (QED) is 0.742. The summed E-state index contributed by atoms with van der Waals surface area (Å²) in [6, 6.07) is 5.72. The van der Waals surface area contributed by atoms with E-state index in [1.54, 1.807) is 4.90 Å². The van der Waals surface area contributed by atoms with Crippen LogP contribution in [0.2, 0.25) is 0 Å². The van der Waals surface area contributed by atoms with E-state index in [-0.39, 0.29) is 24.6 Å². The number of aromatic nitrogens is 2. The lowest BCUT2D eigenvalue weighted by atomic mass is 10.1. The molecule has 0 saturated carbocycles. The molecule has 0 fully saturated rings. The van der Waals surface area contributed by atoms with E-state index in [9.17, 15) is 9.59 Å². The highest BCUT2D eigenvalue weighted by atomic mass is 16.5. The molecule has 0 spiro atoms. The van der Waals surface area contributed by atoms with Crippen LogP contribution in [0, 0.1) is 0 Å². The van der Waals surface area contributed by atoms with E-state index in [0.29, 0.717) is 5.69 Å². The van der Waals surface area contributed by atoms with Crippen molar-refractivity contribution < 1.29 is 23.8 Å². The number of anilines is 1. The lowest BCUT2D eigenvalue weighted by Gasteiger charge is -2.31. The van der Waals surface area contributed by atoms with Crippen LogP contribution in [-0.4, -0.2) is 49.0 Å². The van der Waals surface area contributed by atoms with Gasteiger partial charge in [-0.1, -0.05) is 6.92 Å². The number of carbonyl (C=O) groups excluding carboxylic acids is 2. The number of ether oxygens (including phenoxy) is 3. The number of carbonyl (C=O) groups is 2. The van der Waals surface area contributed by atoms with Gasteiger partial charge in [0.1, 0.15) is 18.3 Å². The Bertz CT molecular complexity index is 915. The summed E-state index contributed by atoms with van der Waals surface area (Å²) >= 11 is 0. The van der Waals surface area contributed by atoms with Crippen molar-refractivity contribution in [3.8, 4) is 0 Å². The molecule has 27 heavy (non-hydrogen) atoms. The first kappa shape index (κ1) is 18.9. The van der Waals surface area contributed by atoms with Crippen molar-refractivity contribution in [3.05, 3.63) is 35.3 Å². The summed E-state index contributed by atoms with van der Waals surface area (Å²) < 4.78 is 17.4. The molecule has 144 valence electrons. The second kappa shape index (κ2) is 7.79. The highest BCUT2D eigenvalue weighted by Crippen LogP contribution is 2.29. The van der Waals surface area contributed by atoms with Gasteiger partial charge in [-0.15, -0.1) is 0 Å². The summed E-state index contributed by atoms with van der Waals surface area (Å²) in [4.78, 5) is 30.8.